The second-order valence-electron chi connectivity index (χ2n) is 10.1. The predicted molar refractivity (Wildman–Crippen MR) is 139 cm³/mol. The molecular weight excluding hydrogens is 458 g/mol. The minimum absolute atomic E-state index is 0.166. The fraction of sp³-hybridized carbons (Fsp3) is 0.464. The van der Waals surface area contributed by atoms with Crippen molar-refractivity contribution < 1.29 is 13.2 Å². The van der Waals surface area contributed by atoms with E-state index in [1.807, 2.05) is 12.1 Å². The normalized spacial score (nSPS) is 19.2. The van der Waals surface area contributed by atoms with Gasteiger partial charge in [0.15, 0.2) is 0 Å². The Labute approximate surface area is 208 Å². The number of aromatic nitrogens is 2. The summed E-state index contributed by atoms with van der Waals surface area (Å²) in [6, 6.07) is 16.8. The summed E-state index contributed by atoms with van der Waals surface area (Å²) in [5, 5.41) is 0. The van der Waals surface area contributed by atoms with E-state index >= 15 is 0 Å². The van der Waals surface area contributed by atoms with Crippen LogP contribution in [0.3, 0.4) is 0 Å². The minimum Gasteiger partial charge on any atom is -0.362 e. The van der Waals surface area contributed by atoms with Crippen molar-refractivity contribution in [3.8, 4) is 11.3 Å². The Morgan fingerprint density at radius 3 is 2.46 bits per heavy atom. The molecule has 0 N–H and O–H groups in total. The number of aryl methyl sites for hydroxylation is 2. The predicted octanol–water partition coefficient (Wildman–Crippen LogP) is 4.20. The van der Waals surface area contributed by atoms with Gasteiger partial charge in [-0.15, -0.1) is 0 Å². The van der Waals surface area contributed by atoms with Crippen LogP contribution in [0.2, 0.25) is 0 Å². The number of fused-ring (bicyclic) bond motifs is 2. The maximum Gasteiger partial charge on any atom is 0.147 e. The average Bonchev–Trinajstić information content (AvgIpc) is 3.08. The summed E-state index contributed by atoms with van der Waals surface area (Å²) >= 11 is 0. The molecule has 5 rings (SSSR count). The standard InChI is InChI=1S/C28H35N3O3S/c1-20-26(23-10-8-21(9-11-23)15-19-35(3,32)33)29-28-27(34-24-13-16-30(2)17-14-24)25-7-5-4-6-22(25)12-18-31(20)28/h4-11,24,27H,12-19H2,1-3H3. The number of rotatable bonds is 6. The number of sulfone groups is 1. The Morgan fingerprint density at radius 1 is 1.03 bits per heavy atom. The highest BCUT2D eigenvalue weighted by molar-refractivity contribution is 7.90. The fourth-order valence-corrected chi connectivity index (χ4v) is 5.89. The molecule has 0 bridgehead atoms. The number of benzene rings is 2. The van der Waals surface area contributed by atoms with Gasteiger partial charge in [-0.3, -0.25) is 0 Å². The van der Waals surface area contributed by atoms with Crippen LogP contribution in [0.4, 0.5) is 0 Å². The van der Waals surface area contributed by atoms with E-state index < -0.39 is 9.84 Å². The third-order valence-electron chi connectivity index (χ3n) is 7.41. The molecule has 1 saturated heterocycles. The van der Waals surface area contributed by atoms with Gasteiger partial charge < -0.3 is 14.2 Å². The lowest BCUT2D eigenvalue weighted by atomic mass is 9.99. The number of imidazole rings is 1. The molecule has 1 fully saturated rings. The van der Waals surface area contributed by atoms with E-state index in [0.717, 1.165) is 67.2 Å². The molecule has 0 amide bonds. The Balaban J connectivity index is 1.47. The second kappa shape index (κ2) is 9.88. The topological polar surface area (TPSA) is 64.4 Å². The molecule has 3 aromatic rings. The van der Waals surface area contributed by atoms with Crippen molar-refractivity contribution in [1.29, 1.82) is 0 Å². The summed E-state index contributed by atoms with van der Waals surface area (Å²) in [4.78, 5) is 7.55. The Hall–Kier alpha value is -2.48. The van der Waals surface area contributed by atoms with E-state index in [0.29, 0.717) is 6.42 Å². The summed E-state index contributed by atoms with van der Waals surface area (Å²) in [5.74, 6) is 1.15. The summed E-state index contributed by atoms with van der Waals surface area (Å²) in [6.45, 7) is 5.14. The summed E-state index contributed by atoms with van der Waals surface area (Å²) < 4.78 is 32.2. The number of piperidine rings is 1. The Kier molecular flexibility index (Phi) is 6.84. The highest BCUT2D eigenvalue weighted by Gasteiger charge is 2.32. The zero-order valence-corrected chi connectivity index (χ0v) is 21.7. The van der Waals surface area contributed by atoms with Crippen molar-refractivity contribution in [2.45, 2.75) is 51.4 Å². The molecule has 1 unspecified atom stereocenters. The van der Waals surface area contributed by atoms with Gasteiger partial charge in [0.2, 0.25) is 0 Å². The number of likely N-dealkylation sites (tertiary alicyclic amines) is 1. The first kappa shape index (κ1) is 24.2. The molecule has 2 aliphatic rings. The Morgan fingerprint density at radius 2 is 1.74 bits per heavy atom. The van der Waals surface area contributed by atoms with Gasteiger partial charge in [0, 0.05) is 37.1 Å². The largest absolute Gasteiger partial charge is 0.362 e. The van der Waals surface area contributed by atoms with Gasteiger partial charge in [-0.1, -0.05) is 48.5 Å². The van der Waals surface area contributed by atoms with Gasteiger partial charge in [0.1, 0.15) is 21.8 Å². The molecule has 1 aromatic heterocycles. The second-order valence-corrected chi connectivity index (χ2v) is 12.4. The molecule has 0 spiro atoms. The molecule has 2 aromatic carbocycles. The van der Waals surface area contributed by atoms with Gasteiger partial charge in [-0.2, -0.15) is 0 Å². The maximum atomic E-state index is 11.5. The average molecular weight is 494 g/mol. The number of ether oxygens (including phenoxy) is 1. The lowest BCUT2D eigenvalue weighted by molar-refractivity contribution is -0.0276. The highest BCUT2D eigenvalue weighted by Crippen LogP contribution is 2.37. The molecule has 0 radical (unpaired) electrons. The molecule has 35 heavy (non-hydrogen) atoms. The summed E-state index contributed by atoms with van der Waals surface area (Å²) in [6.07, 6.45) is 4.89. The lowest BCUT2D eigenvalue weighted by Crippen LogP contribution is -2.35. The van der Waals surface area contributed by atoms with Gasteiger partial charge in [0.25, 0.3) is 0 Å². The zero-order valence-electron chi connectivity index (χ0n) is 20.9. The first-order valence-corrected chi connectivity index (χ1v) is 14.6. The molecular formula is C28H35N3O3S. The molecule has 186 valence electrons. The summed E-state index contributed by atoms with van der Waals surface area (Å²) in [7, 11) is -0.803. The minimum atomic E-state index is -2.98. The van der Waals surface area contributed by atoms with Crippen LogP contribution in [-0.2, 0) is 34.0 Å². The highest BCUT2D eigenvalue weighted by atomic mass is 32.2. The van der Waals surface area contributed by atoms with Crippen LogP contribution < -0.4 is 0 Å². The van der Waals surface area contributed by atoms with Gasteiger partial charge >= 0.3 is 0 Å². The van der Waals surface area contributed by atoms with Crippen LogP contribution in [0.15, 0.2) is 48.5 Å². The maximum absolute atomic E-state index is 11.5. The van der Waals surface area contributed by atoms with E-state index in [4.69, 9.17) is 9.72 Å². The molecule has 2 aliphatic heterocycles. The first-order chi connectivity index (χ1) is 16.8. The van der Waals surface area contributed by atoms with Crippen LogP contribution in [0, 0.1) is 6.92 Å². The van der Waals surface area contributed by atoms with E-state index in [1.54, 1.807) is 0 Å². The molecule has 0 saturated carbocycles. The number of hydrogen-bond acceptors (Lipinski definition) is 5. The number of hydrogen-bond donors (Lipinski definition) is 0. The van der Waals surface area contributed by atoms with Gasteiger partial charge in [0.05, 0.1) is 17.6 Å². The lowest BCUT2D eigenvalue weighted by Gasteiger charge is -2.32. The van der Waals surface area contributed by atoms with E-state index in [2.05, 4.69) is 59.8 Å². The van der Waals surface area contributed by atoms with Crippen LogP contribution >= 0.6 is 0 Å². The van der Waals surface area contributed by atoms with Crippen molar-refractivity contribution in [2.24, 2.45) is 0 Å². The monoisotopic (exact) mass is 493 g/mol. The van der Waals surface area contributed by atoms with Crippen molar-refractivity contribution in [1.82, 2.24) is 14.5 Å². The van der Waals surface area contributed by atoms with Gasteiger partial charge in [-0.05, 0) is 56.3 Å². The van der Waals surface area contributed by atoms with Crippen LogP contribution in [-0.4, -0.2) is 61.1 Å². The number of nitrogens with zero attached hydrogens (tertiary/aromatic N) is 3. The van der Waals surface area contributed by atoms with Crippen LogP contribution in [0.25, 0.3) is 11.3 Å². The fourth-order valence-electron chi connectivity index (χ4n) is 5.28. The van der Waals surface area contributed by atoms with Crippen molar-refractivity contribution in [3.05, 3.63) is 76.7 Å². The molecule has 0 aliphatic carbocycles. The van der Waals surface area contributed by atoms with Crippen molar-refractivity contribution in [3.63, 3.8) is 0 Å². The van der Waals surface area contributed by atoms with Crippen molar-refractivity contribution >= 4 is 9.84 Å². The Bertz CT molecular complexity index is 1290. The van der Waals surface area contributed by atoms with E-state index in [-0.39, 0.29) is 18.0 Å². The van der Waals surface area contributed by atoms with E-state index in [9.17, 15) is 8.42 Å². The summed E-state index contributed by atoms with van der Waals surface area (Å²) in [5.41, 5.74) is 6.78. The van der Waals surface area contributed by atoms with Crippen LogP contribution in [0.1, 0.15) is 47.2 Å². The smallest absolute Gasteiger partial charge is 0.147 e. The van der Waals surface area contributed by atoms with Gasteiger partial charge in [-0.25, -0.2) is 13.4 Å². The molecule has 6 nitrogen and oxygen atoms in total. The third kappa shape index (κ3) is 5.37. The molecule has 7 heteroatoms. The first-order valence-electron chi connectivity index (χ1n) is 12.5. The van der Waals surface area contributed by atoms with E-state index in [1.165, 1.54) is 17.4 Å². The molecule has 1 atom stereocenters. The third-order valence-corrected chi connectivity index (χ3v) is 8.36. The van der Waals surface area contributed by atoms with Crippen LogP contribution in [0.5, 0.6) is 0 Å². The quantitative estimate of drug-likeness (QED) is 0.515. The SMILES string of the molecule is Cc1c(-c2ccc(CCS(C)(=O)=O)cc2)nc2n1CCc1ccccc1C2OC1CCN(C)CC1. The van der Waals surface area contributed by atoms with Crippen molar-refractivity contribution in [2.75, 3.05) is 32.1 Å². The zero-order chi connectivity index (χ0) is 24.6. The molecule has 3 heterocycles.